The fraction of sp³-hybridized carbons (Fsp3) is 1.00. The van der Waals surface area contributed by atoms with Crippen molar-refractivity contribution in [1.29, 1.82) is 0 Å². The Hall–Kier alpha value is 0.310. The zero-order chi connectivity index (χ0) is 13.0. The minimum atomic E-state index is 0.501. The summed E-state index contributed by atoms with van der Waals surface area (Å²) < 4.78 is 0. The van der Waals surface area contributed by atoms with Gasteiger partial charge in [-0.15, -0.1) is 0 Å². The average molecular weight is 269 g/mol. The molecular weight excluding hydrogens is 238 g/mol. The summed E-state index contributed by atoms with van der Waals surface area (Å²) in [5.74, 6) is 0. The monoisotopic (exact) mass is 269 g/mol. The number of thioether (sulfide) groups is 1. The Morgan fingerprint density at radius 2 is 1.83 bits per heavy atom. The molecule has 0 aliphatic heterocycles. The number of rotatable bonds is 5. The second kappa shape index (κ2) is 6.65. The molecule has 2 rings (SSSR count). The van der Waals surface area contributed by atoms with Gasteiger partial charge in [0.2, 0.25) is 0 Å². The van der Waals surface area contributed by atoms with E-state index in [0.717, 1.165) is 16.5 Å². The largest absolute Gasteiger partial charge is 0.312 e. The van der Waals surface area contributed by atoms with Crippen molar-refractivity contribution in [2.45, 2.75) is 88.7 Å². The van der Waals surface area contributed by atoms with Gasteiger partial charge in [0.1, 0.15) is 0 Å². The zero-order valence-electron chi connectivity index (χ0n) is 12.5. The first kappa shape index (κ1) is 14.7. The first-order valence-corrected chi connectivity index (χ1v) is 8.96. The molecule has 0 radical (unpaired) electrons. The molecule has 0 aromatic rings. The fourth-order valence-corrected chi connectivity index (χ4v) is 5.62. The van der Waals surface area contributed by atoms with Crippen molar-refractivity contribution in [1.82, 2.24) is 5.32 Å². The van der Waals surface area contributed by atoms with Crippen LogP contribution in [-0.2, 0) is 0 Å². The Labute approximate surface area is 118 Å². The topological polar surface area (TPSA) is 12.0 Å². The van der Waals surface area contributed by atoms with Crippen LogP contribution in [0.15, 0.2) is 0 Å². The van der Waals surface area contributed by atoms with Crippen molar-refractivity contribution in [2.75, 3.05) is 6.54 Å². The third kappa shape index (κ3) is 3.66. The van der Waals surface area contributed by atoms with E-state index in [1.807, 2.05) is 0 Å². The van der Waals surface area contributed by atoms with E-state index in [4.69, 9.17) is 0 Å². The maximum Gasteiger partial charge on any atom is 0.0237 e. The molecule has 2 aliphatic rings. The Balaban J connectivity index is 1.89. The molecule has 0 aromatic carbocycles. The summed E-state index contributed by atoms with van der Waals surface area (Å²) in [6.45, 7) is 8.39. The predicted octanol–water partition coefficient (Wildman–Crippen LogP) is 4.61. The summed E-state index contributed by atoms with van der Waals surface area (Å²) in [5, 5.41) is 5.67. The smallest absolute Gasteiger partial charge is 0.0237 e. The lowest BCUT2D eigenvalue weighted by molar-refractivity contribution is 0.287. The van der Waals surface area contributed by atoms with E-state index in [-0.39, 0.29) is 0 Å². The van der Waals surface area contributed by atoms with Gasteiger partial charge in [0, 0.05) is 16.5 Å². The summed E-state index contributed by atoms with van der Waals surface area (Å²) in [4.78, 5) is 0. The molecule has 1 nitrogen and oxygen atoms in total. The van der Waals surface area contributed by atoms with Gasteiger partial charge in [-0.3, -0.25) is 0 Å². The number of hydrogen-bond acceptors (Lipinski definition) is 2. The van der Waals surface area contributed by atoms with E-state index < -0.39 is 0 Å². The van der Waals surface area contributed by atoms with Crippen LogP contribution in [0.25, 0.3) is 0 Å². The lowest BCUT2D eigenvalue weighted by Crippen LogP contribution is -2.44. The van der Waals surface area contributed by atoms with Gasteiger partial charge in [-0.1, -0.05) is 40.0 Å². The highest BCUT2D eigenvalue weighted by atomic mass is 32.2. The van der Waals surface area contributed by atoms with Gasteiger partial charge in [0.05, 0.1) is 0 Å². The standard InChI is InChI=1S/C16H31NS/c1-4-12-17-15-14(10-11-16(15,2)3)18-13-8-6-5-7-9-13/h13-15,17H,4-12H2,1-3H3. The highest BCUT2D eigenvalue weighted by Gasteiger charge is 2.42. The van der Waals surface area contributed by atoms with Crippen molar-refractivity contribution < 1.29 is 0 Å². The highest BCUT2D eigenvalue weighted by molar-refractivity contribution is 8.00. The normalized spacial score (nSPS) is 32.8. The molecule has 2 saturated carbocycles. The Kier molecular flexibility index (Phi) is 5.44. The molecule has 18 heavy (non-hydrogen) atoms. The van der Waals surface area contributed by atoms with E-state index in [1.54, 1.807) is 0 Å². The minimum Gasteiger partial charge on any atom is -0.312 e. The maximum absolute atomic E-state index is 3.84. The van der Waals surface area contributed by atoms with Gasteiger partial charge in [0.25, 0.3) is 0 Å². The number of nitrogens with one attached hydrogen (secondary N) is 1. The number of hydrogen-bond donors (Lipinski definition) is 1. The summed E-state index contributed by atoms with van der Waals surface area (Å²) in [6.07, 6.45) is 11.5. The Bertz CT molecular complexity index is 245. The van der Waals surface area contributed by atoms with Crippen molar-refractivity contribution in [3.05, 3.63) is 0 Å². The lowest BCUT2D eigenvalue weighted by Gasteiger charge is -2.34. The summed E-state index contributed by atoms with van der Waals surface area (Å²) in [5.41, 5.74) is 0.501. The van der Waals surface area contributed by atoms with Crippen LogP contribution in [0, 0.1) is 5.41 Å². The molecule has 1 N–H and O–H groups in total. The van der Waals surface area contributed by atoms with Crippen molar-refractivity contribution in [2.24, 2.45) is 5.41 Å². The van der Waals surface area contributed by atoms with Gasteiger partial charge in [-0.05, 0) is 44.1 Å². The van der Waals surface area contributed by atoms with Crippen molar-refractivity contribution >= 4 is 11.8 Å². The third-order valence-electron chi connectivity index (χ3n) is 4.82. The van der Waals surface area contributed by atoms with Gasteiger partial charge < -0.3 is 5.32 Å². The van der Waals surface area contributed by atoms with Crippen LogP contribution in [0.5, 0.6) is 0 Å². The van der Waals surface area contributed by atoms with Crippen molar-refractivity contribution in [3.8, 4) is 0 Å². The van der Waals surface area contributed by atoms with Crippen LogP contribution < -0.4 is 5.32 Å². The summed E-state index contributed by atoms with van der Waals surface area (Å²) in [7, 11) is 0. The quantitative estimate of drug-likeness (QED) is 0.782. The van der Waals surface area contributed by atoms with Crippen LogP contribution in [-0.4, -0.2) is 23.1 Å². The highest BCUT2D eigenvalue weighted by Crippen LogP contribution is 2.45. The zero-order valence-corrected chi connectivity index (χ0v) is 13.3. The molecule has 106 valence electrons. The molecule has 2 unspecified atom stereocenters. The maximum atomic E-state index is 3.84. The van der Waals surface area contributed by atoms with Crippen LogP contribution in [0.3, 0.4) is 0 Å². The molecule has 2 atom stereocenters. The molecule has 2 heteroatoms. The molecule has 0 bridgehead atoms. The second-order valence-electron chi connectivity index (χ2n) is 6.89. The predicted molar refractivity (Wildman–Crippen MR) is 83.3 cm³/mol. The van der Waals surface area contributed by atoms with Crippen LogP contribution in [0.4, 0.5) is 0 Å². The molecule has 0 spiro atoms. The fourth-order valence-electron chi connectivity index (χ4n) is 3.64. The van der Waals surface area contributed by atoms with Crippen molar-refractivity contribution in [3.63, 3.8) is 0 Å². The van der Waals surface area contributed by atoms with Crippen LogP contribution in [0.2, 0.25) is 0 Å². The van der Waals surface area contributed by atoms with E-state index in [2.05, 4.69) is 37.8 Å². The van der Waals surface area contributed by atoms with E-state index >= 15 is 0 Å². The third-order valence-corrected chi connectivity index (χ3v) is 6.53. The molecule has 0 aromatic heterocycles. The van der Waals surface area contributed by atoms with Crippen LogP contribution >= 0.6 is 11.8 Å². The molecule has 0 heterocycles. The van der Waals surface area contributed by atoms with E-state index in [0.29, 0.717) is 5.41 Å². The van der Waals surface area contributed by atoms with Gasteiger partial charge in [-0.2, -0.15) is 11.8 Å². The first-order chi connectivity index (χ1) is 8.63. The van der Waals surface area contributed by atoms with Gasteiger partial charge in [-0.25, -0.2) is 0 Å². The summed E-state index contributed by atoms with van der Waals surface area (Å²) >= 11 is 2.33. The first-order valence-electron chi connectivity index (χ1n) is 8.02. The van der Waals surface area contributed by atoms with Gasteiger partial charge >= 0.3 is 0 Å². The molecule has 0 amide bonds. The second-order valence-corrected chi connectivity index (χ2v) is 8.44. The van der Waals surface area contributed by atoms with Gasteiger partial charge in [0.15, 0.2) is 0 Å². The average Bonchev–Trinajstić information content (AvgIpc) is 2.64. The summed E-state index contributed by atoms with van der Waals surface area (Å²) in [6, 6.07) is 0.740. The molecule has 2 aliphatic carbocycles. The van der Waals surface area contributed by atoms with Crippen LogP contribution in [0.1, 0.15) is 72.1 Å². The molecule has 2 fully saturated rings. The minimum absolute atomic E-state index is 0.501. The lowest BCUT2D eigenvalue weighted by atomic mass is 9.87. The molecular formula is C16H31NS. The Morgan fingerprint density at radius 1 is 1.11 bits per heavy atom. The van der Waals surface area contributed by atoms with E-state index in [1.165, 1.54) is 57.9 Å². The van der Waals surface area contributed by atoms with E-state index in [9.17, 15) is 0 Å². The molecule has 0 saturated heterocycles. The Morgan fingerprint density at radius 3 is 2.50 bits per heavy atom. The SMILES string of the molecule is CCCNC1C(SC2CCCCC2)CCC1(C)C.